The van der Waals surface area contributed by atoms with Crippen molar-refractivity contribution in [2.45, 2.75) is 26.8 Å². The van der Waals surface area contributed by atoms with E-state index in [4.69, 9.17) is 4.74 Å². The molecule has 1 rings (SSSR count). The molecule has 1 aromatic rings. The third kappa shape index (κ3) is 6.03. The number of rotatable bonds is 9. The van der Waals surface area contributed by atoms with Gasteiger partial charge in [-0.15, -0.1) is 0 Å². The van der Waals surface area contributed by atoms with Gasteiger partial charge in [-0.05, 0) is 44.6 Å². The molecule has 0 unspecified atom stereocenters. The van der Waals surface area contributed by atoms with Gasteiger partial charge in [-0.3, -0.25) is 0 Å². The maximum Gasteiger partial charge on any atom is 0.119 e. The van der Waals surface area contributed by atoms with Gasteiger partial charge in [0.05, 0.1) is 6.61 Å². The highest BCUT2D eigenvalue weighted by Crippen LogP contribution is 2.12. The van der Waals surface area contributed by atoms with E-state index in [9.17, 15) is 0 Å². The fraction of sp³-hybridized carbons (Fsp3) is 0.600. The van der Waals surface area contributed by atoms with Gasteiger partial charge in [0.15, 0.2) is 0 Å². The Labute approximate surface area is 111 Å². The van der Waals surface area contributed by atoms with Crippen molar-refractivity contribution in [3.63, 3.8) is 0 Å². The van der Waals surface area contributed by atoms with Crippen LogP contribution in [0, 0.1) is 0 Å². The van der Waals surface area contributed by atoms with Crippen molar-refractivity contribution in [3.05, 3.63) is 29.8 Å². The van der Waals surface area contributed by atoms with Gasteiger partial charge in [-0.2, -0.15) is 0 Å². The van der Waals surface area contributed by atoms with E-state index < -0.39 is 0 Å². The second kappa shape index (κ2) is 8.95. The van der Waals surface area contributed by atoms with Crippen molar-refractivity contribution in [1.29, 1.82) is 0 Å². The molecule has 3 nitrogen and oxygen atoms in total. The molecule has 1 aromatic carbocycles. The second-order valence-corrected chi connectivity index (χ2v) is 4.56. The minimum Gasteiger partial charge on any atom is -0.494 e. The smallest absolute Gasteiger partial charge is 0.119 e. The van der Waals surface area contributed by atoms with E-state index in [1.54, 1.807) is 0 Å². The minimum atomic E-state index is 0.725. The molecule has 0 fully saturated rings. The van der Waals surface area contributed by atoms with Gasteiger partial charge >= 0.3 is 0 Å². The highest BCUT2D eigenvalue weighted by Gasteiger charge is 2.00. The van der Waals surface area contributed by atoms with Crippen LogP contribution in [0.1, 0.15) is 25.8 Å². The fourth-order valence-electron chi connectivity index (χ4n) is 1.82. The minimum absolute atomic E-state index is 0.725. The van der Waals surface area contributed by atoms with Crippen molar-refractivity contribution in [1.82, 2.24) is 10.2 Å². The van der Waals surface area contributed by atoms with Crippen LogP contribution in [0.15, 0.2) is 24.3 Å². The molecular formula is C15H26N2O. The SMILES string of the molecule is CCCNCCN(C)Cc1ccc(OCC)cc1. The van der Waals surface area contributed by atoms with Crippen LogP contribution >= 0.6 is 0 Å². The Kier molecular flexibility index (Phi) is 7.46. The molecule has 0 saturated heterocycles. The van der Waals surface area contributed by atoms with Gasteiger partial charge in [0.1, 0.15) is 5.75 Å². The van der Waals surface area contributed by atoms with Gasteiger partial charge in [-0.25, -0.2) is 0 Å². The Morgan fingerprint density at radius 1 is 1.11 bits per heavy atom. The average Bonchev–Trinajstić information content (AvgIpc) is 2.37. The quantitative estimate of drug-likeness (QED) is 0.682. The highest BCUT2D eigenvalue weighted by molar-refractivity contribution is 5.27. The summed E-state index contributed by atoms with van der Waals surface area (Å²) in [6.07, 6.45) is 1.20. The predicted molar refractivity (Wildman–Crippen MR) is 77.1 cm³/mol. The molecular weight excluding hydrogens is 224 g/mol. The molecule has 0 bridgehead atoms. The molecule has 0 aliphatic rings. The lowest BCUT2D eigenvalue weighted by molar-refractivity contribution is 0.323. The van der Waals surface area contributed by atoms with Crippen LogP contribution in [0.3, 0.4) is 0 Å². The van der Waals surface area contributed by atoms with Crippen LogP contribution in [0.2, 0.25) is 0 Å². The lowest BCUT2D eigenvalue weighted by atomic mass is 10.2. The lowest BCUT2D eigenvalue weighted by Gasteiger charge is -2.17. The van der Waals surface area contributed by atoms with Crippen molar-refractivity contribution in [2.75, 3.05) is 33.3 Å². The lowest BCUT2D eigenvalue weighted by Crippen LogP contribution is -2.29. The molecule has 0 amide bonds. The van der Waals surface area contributed by atoms with E-state index in [-0.39, 0.29) is 0 Å². The molecule has 0 aromatic heterocycles. The number of likely N-dealkylation sites (N-methyl/N-ethyl adjacent to an activating group) is 1. The van der Waals surface area contributed by atoms with E-state index in [1.807, 2.05) is 19.1 Å². The Hall–Kier alpha value is -1.06. The predicted octanol–water partition coefficient (Wildman–Crippen LogP) is 2.52. The summed E-state index contributed by atoms with van der Waals surface area (Å²) in [5, 5.41) is 3.42. The molecule has 0 atom stereocenters. The molecule has 0 aliphatic carbocycles. The van der Waals surface area contributed by atoms with Gasteiger partial charge in [0.25, 0.3) is 0 Å². The maximum absolute atomic E-state index is 5.43. The van der Waals surface area contributed by atoms with Crippen molar-refractivity contribution in [2.24, 2.45) is 0 Å². The zero-order valence-electron chi connectivity index (χ0n) is 11.9. The first kappa shape index (κ1) is 15.0. The Balaban J connectivity index is 2.28. The topological polar surface area (TPSA) is 24.5 Å². The third-order valence-corrected chi connectivity index (χ3v) is 2.78. The van der Waals surface area contributed by atoms with E-state index in [0.29, 0.717) is 0 Å². The summed E-state index contributed by atoms with van der Waals surface area (Å²) >= 11 is 0. The van der Waals surface area contributed by atoms with Crippen LogP contribution in [-0.4, -0.2) is 38.2 Å². The summed E-state index contributed by atoms with van der Waals surface area (Å²) in [6.45, 7) is 9.15. The molecule has 0 spiro atoms. The third-order valence-electron chi connectivity index (χ3n) is 2.78. The average molecular weight is 250 g/mol. The van der Waals surface area contributed by atoms with Crippen LogP contribution in [-0.2, 0) is 6.54 Å². The molecule has 0 radical (unpaired) electrons. The van der Waals surface area contributed by atoms with Crippen molar-refractivity contribution < 1.29 is 4.74 Å². The Morgan fingerprint density at radius 2 is 1.83 bits per heavy atom. The Morgan fingerprint density at radius 3 is 2.44 bits per heavy atom. The van der Waals surface area contributed by atoms with E-state index in [0.717, 1.165) is 38.5 Å². The number of benzene rings is 1. The number of nitrogens with one attached hydrogen (secondary N) is 1. The summed E-state index contributed by atoms with van der Waals surface area (Å²) in [4.78, 5) is 2.33. The first-order chi connectivity index (χ1) is 8.76. The molecule has 0 saturated carbocycles. The maximum atomic E-state index is 5.43. The highest BCUT2D eigenvalue weighted by atomic mass is 16.5. The number of hydrogen-bond donors (Lipinski definition) is 1. The summed E-state index contributed by atoms with van der Waals surface area (Å²) < 4.78 is 5.43. The van der Waals surface area contributed by atoms with Crippen LogP contribution in [0.5, 0.6) is 5.75 Å². The van der Waals surface area contributed by atoms with E-state index >= 15 is 0 Å². The second-order valence-electron chi connectivity index (χ2n) is 4.56. The number of hydrogen-bond acceptors (Lipinski definition) is 3. The van der Waals surface area contributed by atoms with Gasteiger partial charge in [-0.1, -0.05) is 19.1 Å². The normalized spacial score (nSPS) is 10.9. The number of ether oxygens (including phenoxy) is 1. The molecule has 102 valence electrons. The first-order valence-corrected chi connectivity index (χ1v) is 6.87. The van der Waals surface area contributed by atoms with Gasteiger partial charge < -0.3 is 15.0 Å². The number of nitrogens with zero attached hydrogens (tertiary/aromatic N) is 1. The van der Waals surface area contributed by atoms with Crippen LogP contribution < -0.4 is 10.1 Å². The van der Waals surface area contributed by atoms with Crippen LogP contribution in [0.25, 0.3) is 0 Å². The van der Waals surface area contributed by atoms with Gasteiger partial charge in [0.2, 0.25) is 0 Å². The molecule has 0 aliphatic heterocycles. The van der Waals surface area contributed by atoms with Gasteiger partial charge in [0, 0.05) is 19.6 Å². The molecule has 0 heterocycles. The fourth-order valence-corrected chi connectivity index (χ4v) is 1.82. The summed E-state index contributed by atoms with van der Waals surface area (Å²) in [5.74, 6) is 0.952. The van der Waals surface area contributed by atoms with E-state index in [1.165, 1.54) is 12.0 Å². The van der Waals surface area contributed by atoms with Crippen molar-refractivity contribution >= 4 is 0 Å². The monoisotopic (exact) mass is 250 g/mol. The molecule has 3 heteroatoms. The zero-order valence-corrected chi connectivity index (χ0v) is 11.9. The Bertz CT molecular complexity index is 311. The summed E-state index contributed by atoms with van der Waals surface area (Å²) in [7, 11) is 2.16. The summed E-state index contributed by atoms with van der Waals surface area (Å²) in [5.41, 5.74) is 1.33. The summed E-state index contributed by atoms with van der Waals surface area (Å²) in [6, 6.07) is 8.37. The zero-order chi connectivity index (χ0) is 13.2. The molecule has 1 N–H and O–H groups in total. The first-order valence-electron chi connectivity index (χ1n) is 6.87. The largest absolute Gasteiger partial charge is 0.494 e. The van der Waals surface area contributed by atoms with Crippen LogP contribution in [0.4, 0.5) is 0 Å². The molecule has 18 heavy (non-hydrogen) atoms. The van der Waals surface area contributed by atoms with Crippen molar-refractivity contribution in [3.8, 4) is 5.75 Å². The van der Waals surface area contributed by atoms with E-state index in [2.05, 4.69) is 36.3 Å². The standard InChI is InChI=1S/C15H26N2O/c1-4-10-16-11-12-17(3)13-14-6-8-15(9-7-14)18-5-2/h6-9,16H,4-5,10-13H2,1-3H3.